The van der Waals surface area contributed by atoms with Gasteiger partial charge in [-0.15, -0.1) is 0 Å². The minimum Gasteiger partial charge on any atom is -0.496 e. The van der Waals surface area contributed by atoms with Gasteiger partial charge in [-0.1, -0.05) is 17.7 Å². The highest BCUT2D eigenvalue weighted by Crippen LogP contribution is 2.25. The summed E-state index contributed by atoms with van der Waals surface area (Å²) in [6.45, 7) is 0. The number of sulfonamides is 1. The number of amides is 1. The maximum absolute atomic E-state index is 12.5. The molecule has 2 aromatic carbocycles. The van der Waals surface area contributed by atoms with Crippen LogP contribution in [-0.2, 0) is 10.0 Å². The zero-order valence-corrected chi connectivity index (χ0v) is 15.0. The molecule has 8 heteroatoms. The zero-order chi connectivity index (χ0) is 18.0. The first-order valence-corrected chi connectivity index (χ1v) is 9.52. The van der Waals surface area contributed by atoms with E-state index >= 15 is 0 Å². The van der Waals surface area contributed by atoms with Crippen molar-refractivity contribution in [3.8, 4) is 5.75 Å². The lowest BCUT2D eigenvalue weighted by molar-refractivity contribution is 0.102. The van der Waals surface area contributed by atoms with Crippen molar-refractivity contribution in [3.63, 3.8) is 0 Å². The number of methoxy groups -OCH3 is 1. The molecule has 1 fully saturated rings. The van der Waals surface area contributed by atoms with Crippen molar-refractivity contribution in [1.82, 2.24) is 4.72 Å². The monoisotopic (exact) mass is 380 g/mol. The second kappa shape index (κ2) is 7.03. The molecule has 2 N–H and O–H groups in total. The molecule has 0 aromatic heterocycles. The zero-order valence-electron chi connectivity index (χ0n) is 13.5. The number of carbonyl (C=O) groups is 1. The minimum atomic E-state index is -3.59. The molecule has 1 aliphatic carbocycles. The molecule has 1 aliphatic rings. The second-order valence-electron chi connectivity index (χ2n) is 5.72. The standard InChI is InChI=1S/C17H17ClN2O4S/c1-24-16-8-5-11(18)9-15(16)17(21)19-13-3-2-4-14(10-13)25(22,23)20-12-6-7-12/h2-5,8-10,12,20H,6-7H2,1H3,(H,19,21). The minimum absolute atomic E-state index is 0.0129. The van der Waals surface area contributed by atoms with E-state index in [0.717, 1.165) is 12.8 Å². The van der Waals surface area contributed by atoms with Crippen LogP contribution in [0.2, 0.25) is 5.02 Å². The van der Waals surface area contributed by atoms with Crippen molar-refractivity contribution >= 4 is 33.2 Å². The van der Waals surface area contributed by atoms with Gasteiger partial charge in [-0.2, -0.15) is 0 Å². The van der Waals surface area contributed by atoms with Gasteiger partial charge < -0.3 is 10.1 Å². The molecular formula is C17H17ClN2O4S. The van der Waals surface area contributed by atoms with Gasteiger partial charge in [0.25, 0.3) is 5.91 Å². The molecule has 0 saturated heterocycles. The predicted octanol–water partition coefficient (Wildman–Crippen LogP) is 3.04. The highest BCUT2D eigenvalue weighted by Gasteiger charge is 2.28. The fourth-order valence-corrected chi connectivity index (χ4v) is 3.81. The lowest BCUT2D eigenvalue weighted by atomic mass is 10.2. The quantitative estimate of drug-likeness (QED) is 0.806. The Balaban J connectivity index is 1.82. The fourth-order valence-electron chi connectivity index (χ4n) is 2.29. The third-order valence-corrected chi connectivity index (χ3v) is 5.46. The topological polar surface area (TPSA) is 84.5 Å². The average molecular weight is 381 g/mol. The van der Waals surface area contributed by atoms with E-state index in [1.807, 2.05) is 0 Å². The van der Waals surface area contributed by atoms with Crippen molar-refractivity contribution in [1.29, 1.82) is 0 Å². The summed E-state index contributed by atoms with van der Waals surface area (Å²) in [5, 5.41) is 3.07. The molecule has 1 amide bonds. The summed E-state index contributed by atoms with van der Waals surface area (Å²) in [6, 6.07) is 10.8. The maximum atomic E-state index is 12.5. The Labute approximate surface area is 151 Å². The van der Waals surface area contributed by atoms with E-state index in [-0.39, 0.29) is 16.5 Å². The molecule has 0 atom stereocenters. The highest BCUT2D eigenvalue weighted by atomic mass is 35.5. The summed E-state index contributed by atoms with van der Waals surface area (Å²) in [7, 11) is -2.13. The molecular weight excluding hydrogens is 364 g/mol. The van der Waals surface area contributed by atoms with Gasteiger partial charge in [0.15, 0.2) is 0 Å². The molecule has 3 rings (SSSR count). The normalized spacial score (nSPS) is 14.2. The number of ether oxygens (including phenoxy) is 1. The first kappa shape index (κ1) is 17.7. The van der Waals surface area contributed by atoms with Crippen LogP contribution in [-0.4, -0.2) is 27.5 Å². The van der Waals surface area contributed by atoms with E-state index in [1.54, 1.807) is 24.3 Å². The summed E-state index contributed by atoms with van der Waals surface area (Å²) in [5.41, 5.74) is 0.630. The predicted molar refractivity (Wildman–Crippen MR) is 95.7 cm³/mol. The molecule has 0 bridgehead atoms. The molecule has 0 unspecified atom stereocenters. The Bertz CT molecular complexity index is 911. The van der Waals surface area contributed by atoms with E-state index in [0.29, 0.717) is 16.5 Å². The summed E-state index contributed by atoms with van der Waals surface area (Å²) in [4.78, 5) is 12.6. The van der Waals surface area contributed by atoms with Crippen molar-refractivity contribution in [2.24, 2.45) is 0 Å². The smallest absolute Gasteiger partial charge is 0.259 e. The van der Waals surface area contributed by atoms with Crippen molar-refractivity contribution in [3.05, 3.63) is 53.1 Å². The van der Waals surface area contributed by atoms with Crippen molar-refractivity contribution in [2.75, 3.05) is 12.4 Å². The summed E-state index contributed by atoms with van der Waals surface area (Å²) in [6.07, 6.45) is 1.70. The fraction of sp³-hybridized carbons (Fsp3) is 0.235. The average Bonchev–Trinajstić information content (AvgIpc) is 3.38. The van der Waals surface area contributed by atoms with Crippen LogP contribution in [0.5, 0.6) is 5.75 Å². The first-order chi connectivity index (χ1) is 11.9. The van der Waals surface area contributed by atoms with Gasteiger partial charge in [-0.05, 0) is 49.2 Å². The van der Waals surface area contributed by atoms with Crippen LogP contribution in [0, 0.1) is 0 Å². The van der Waals surface area contributed by atoms with E-state index in [2.05, 4.69) is 10.0 Å². The molecule has 0 heterocycles. The molecule has 0 aliphatic heterocycles. The Hall–Kier alpha value is -2.09. The highest BCUT2D eigenvalue weighted by molar-refractivity contribution is 7.89. The van der Waals surface area contributed by atoms with Gasteiger partial charge in [0.2, 0.25) is 10.0 Å². The van der Waals surface area contributed by atoms with Crippen LogP contribution in [0.3, 0.4) is 0 Å². The van der Waals surface area contributed by atoms with Gasteiger partial charge in [0, 0.05) is 16.8 Å². The van der Waals surface area contributed by atoms with Gasteiger partial charge >= 0.3 is 0 Å². The summed E-state index contributed by atoms with van der Waals surface area (Å²) >= 11 is 5.94. The molecule has 1 saturated carbocycles. The number of benzene rings is 2. The molecule has 6 nitrogen and oxygen atoms in total. The molecule has 0 radical (unpaired) electrons. The second-order valence-corrected chi connectivity index (χ2v) is 7.87. The van der Waals surface area contributed by atoms with E-state index in [1.165, 1.54) is 25.3 Å². The number of halogens is 1. The van der Waals surface area contributed by atoms with Gasteiger partial charge in [-0.3, -0.25) is 4.79 Å². The van der Waals surface area contributed by atoms with E-state index < -0.39 is 15.9 Å². The largest absolute Gasteiger partial charge is 0.496 e. The first-order valence-electron chi connectivity index (χ1n) is 7.66. The lowest BCUT2D eigenvalue weighted by Gasteiger charge is -2.11. The summed E-state index contributed by atoms with van der Waals surface area (Å²) < 4.78 is 32.3. The van der Waals surface area contributed by atoms with Gasteiger partial charge in [0.05, 0.1) is 17.6 Å². The van der Waals surface area contributed by atoms with Gasteiger partial charge in [-0.25, -0.2) is 13.1 Å². The number of hydrogen-bond donors (Lipinski definition) is 2. The van der Waals surface area contributed by atoms with Crippen LogP contribution in [0.4, 0.5) is 5.69 Å². The third kappa shape index (κ3) is 4.31. The van der Waals surface area contributed by atoms with E-state index in [9.17, 15) is 13.2 Å². The summed E-state index contributed by atoms with van der Waals surface area (Å²) in [5.74, 6) is -0.0647. The Morgan fingerprint density at radius 1 is 1.20 bits per heavy atom. The van der Waals surface area contributed by atoms with Crippen LogP contribution in [0.25, 0.3) is 0 Å². The molecule has 25 heavy (non-hydrogen) atoms. The maximum Gasteiger partial charge on any atom is 0.259 e. The van der Waals surface area contributed by atoms with Crippen LogP contribution >= 0.6 is 11.6 Å². The third-order valence-electron chi connectivity index (χ3n) is 3.71. The van der Waals surface area contributed by atoms with Crippen molar-refractivity contribution in [2.45, 2.75) is 23.8 Å². The van der Waals surface area contributed by atoms with Crippen LogP contribution < -0.4 is 14.8 Å². The number of hydrogen-bond acceptors (Lipinski definition) is 4. The van der Waals surface area contributed by atoms with E-state index in [4.69, 9.17) is 16.3 Å². The Kier molecular flexibility index (Phi) is 4.99. The Morgan fingerprint density at radius 3 is 2.64 bits per heavy atom. The van der Waals surface area contributed by atoms with Gasteiger partial charge in [0.1, 0.15) is 5.75 Å². The van der Waals surface area contributed by atoms with Crippen LogP contribution in [0.15, 0.2) is 47.4 Å². The Morgan fingerprint density at radius 2 is 1.96 bits per heavy atom. The number of carbonyl (C=O) groups excluding carboxylic acids is 1. The molecule has 0 spiro atoms. The van der Waals surface area contributed by atoms with Crippen LogP contribution in [0.1, 0.15) is 23.2 Å². The number of nitrogens with one attached hydrogen (secondary N) is 2. The SMILES string of the molecule is COc1ccc(Cl)cc1C(=O)Nc1cccc(S(=O)(=O)NC2CC2)c1. The molecule has 2 aromatic rings. The lowest BCUT2D eigenvalue weighted by Crippen LogP contribution is -2.25. The van der Waals surface area contributed by atoms with Crippen molar-refractivity contribution < 1.29 is 17.9 Å². The molecule has 132 valence electrons. The number of anilines is 1. The number of rotatable bonds is 6.